The molecule has 2 fully saturated rings. The van der Waals surface area contributed by atoms with Crippen LogP contribution in [0.15, 0.2) is 0 Å². The van der Waals surface area contributed by atoms with Gasteiger partial charge in [-0.1, -0.05) is 41.5 Å². The summed E-state index contributed by atoms with van der Waals surface area (Å²) in [5.41, 5.74) is -1.14. The van der Waals surface area contributed by atoms with Crippen molar-refractivity contribution in [3.8, 4) is 0 Å². The molecule has 3 atom stereocenters. The largest absolute Gasteiger partial charge is 0.747 e. The predicted molar refractivity (Wildman–Crippen MR) is 102 cm³/mol. The number of fused-ring (bicyclic) bond motifs is 2. The average Bonchev–Trinajstić information content (AvgIpc) is 2.68. The first-order valence-electron chi connectivity index (χ1n) is 8.53. The molecule has 2 aliphatic rings. The second kappa shape index (κ2) is 6.97. The summed E-state index contributed by atoms with van der Waals surface area (Å²) in [4.78, 5) is 23.3. The maximum absolute atomic E-state index is 12.0. The predicted octanol–water partition coefficient (Wildman–Crippen LogP) is 2.40. The second-order valence-corrected chi connectivity index (χ2v) is 13.0. The topological polar surface area (TPSA) is 91.3 Å². The molecule has 0 aliphatic heterocycles. The molecule has 3 unspecified atom stereocenters. The van der Waals surface area contributed by atoms with E-state index in [1.54, 1.807) is 6.92 Å². The molecule has 0 spiro atoms. The van der Waals surface area contributed by atoms with Crippen molar-refractivity contribution in [1.29, 1.82) is 0 Å². The number of hydrogen-bond donors (Lipinski definition) is 0. The molecular formula is C18H32O5S2. The Morgan fingerprint density at radius 2 is 1.72 bits per heavy atom. The van der Waals surface area contributed by atoms with Crippen molar-refractivity contribution in [2.24, 2.45) is 22.2 Å². The van der Waals surface area contributed by atoms with Gasteiger partial charge < -0.3 is 4.55 Å². The number of rotatable bonds is 3. The molecule has 0 aromatic rings. The van der Waals surface area contributed by atoms with Crippen molar-refractivity contribution in [3.05, 3.63) is 0 Å². The summed E-state index contributed by atoms with van der Waals surface area (Å²) in [5.74, 6) is 0.459. The van der Waals surface area contributed by atoms with Gasteiger partial charge >= 0.3 is 0 Å². The average molecular weight is 393 g/mol. The monoisotopic (exact) mass is 392 g/mol. The molecular weight excluding hydrogens is 360 g/mol. The molecule has 5 nitrogen and oxygen atoms in total. The zero-order valence-electron chi connectivity index (χ0n) is 16.6. The van der Waals surface area contributed by atoms with Crippen molar-refractivity contribution in [2.75, 3.05) is 18.3 Å². The van der Waals surface area contributed by atoms with Crippen LogP contribution in [-0.2, 0) is 30.6 Å². The lowest BCUT2D eigenvalue weighted by Crippen LogP contribution is -2.38. The summed E-state index contributed by atoms with van der Waals surface area (Å²) in [5, 5.41) is -1.30. The van der Waals surface area contributed by atoms with Crippen LogP contribution in [0.5, 0.6) is 0 Å². The molecule has 0 heterocycles. The van der Waals surface area contributed by atoms with Crippen LogP contribution in [0.4, 0.5) is 0 Å². The smallest absolute Gasteiger partial charge is 0.187 e. The first-order valence-corrected chi connectivity index (χ1v) is 12.2. The van der Waals surface area contributed by atoms with Crippen LogP contribution in [0.25, 0.3) is 0 Å². The maximum atomic E-state index is 12.0. The number of Topliss-reactive ketones (excluding diaryl/α,β-unsaturated/α-hetero) is 2. The molecule has 0 amide bonds. The summed E-state index contributed by atoms with van der Waals surface area (Å²) >= 11 is 0. The lowest BCUT2D eigenvalue weighted by Gasteiger charge is -2.32. The van der Waals surface area contributed by atoms with Crippen LogP contribution >= 0.6 is 0 Å². The van der Waals surface area contributed by atoms with Crippen LogP contribution < -0.4 is 0 Å². The molecule has 2 bridgehead atoms. The van der Waals surface area contributed by atoms with E-state index in [0.717, 1.165) is 5.75 Å². The first kappa shape index (κ1) is 22.6. The highest BCUT2D eigenvalue weighted by Crippen LogP contribution is 2.64. The van der Waals surface area contributed by atoms with Crippen LogP contribution in [0, 0.1) is 22.2 Å². The third-order valence-electron chi connectivity index (χ3n) is 6.04. The van der Waals surface area contributed by atoms with Gasteiger partial charge in [0.25, 0.3) is 0 Å². The van der Waals surface area contributed by atoms with E-state index in [-0.39, 0.29) is 33.4 Å². The molecule has 0 radical (unpaired) electrons. The molecule has 146 valence electrons. The summed E-state index contributed by atoms with van der Waals surface area (Å²) in [7, 11) is -4.23. The van der Waals surface area contributed by atoms with Crippen molar-refractivity contribution < 1.29 is 22.6 Å². The van der Waals surface area contributed by atoms with Gasteiger partial charge in [-0.25, -0.2) is 8.42 Å². The third kappa shape index (κ3) is 4.30. The fourth-order valence-corrected chi connectivity index (χ4v) is 6.17. The van der Waals surface area contributed by atoms with Crippen molar-refractivity contribution in [1.82, 2.24) is 0 Å². The van der Waals surface area contributed by atoms with E-state index in [9.17, 15) is 22.6 Å². The Balaban J connectivity index is 0.000000275. The number of carbonyl (C=O) groups is 2. The van der Waals surface area contributed by atoms with Crippen LogP contribution in [0.1, 0.15) is 54.4 Å². The zero-order chi connectivity index (χ0) is 20.0. The Morgan fingerprint density at radius 1 is 1.24 bits per heavy atom. The molecule has 2 saturated carbocycles. The second-order valence-electron chi connectivity index (χ2n) is 9.28. The molecule has 0 N–H and O–H groups in total. The minimum atomic E-state index is -4.49. The lowest BCUT2D eigenvalue weighted by molar-refractivity contribution is -0.128. The van der Waals surface area contributed by atoms with Gasteiger partial charge in [0.05, 0.1) is 12.5 Å². The minimum Gasteiger partial charge on any atom is -0.747 e. The SMILES string of the molecule is CC12CCC(C(S(=O)(=O)[O-])C1=O)C2(C)C.C[S+](C)CC(=O)C(C)(C)C. The van der Waals surface area contributed by atoms with Gasteiger partial charge in [-0.15, -0.1) is 0 Å². The Labute approximate surface area is 155 Å². The highest BCUT2D eigenvalue weighted by atomic mass is 32.2. The Morgan fingerprint density at radius 3 is 1.92 bits per heavy atom. The fourth-order valence-electron chi connectivity index (χ4n) is 3.81. The van der Waals surface area contributed by atoms with E-state index >= 15 is 0 Å². The summed E-state index contributed by atoms with van der Waals surface area (Å²) < 4.78 is 33.3. The molecule has 2 aliphatic carbocycles. The lowest BCUT2D eigenvalue weighted by atomic mass is 9.70. The van der Waals surface area contributed by atoms with Crippen molar-refractivity contribution >= 4 is 32.6 Å². The standard InChI is InChI=1S/C10H16O4S.C8H17OS/c1-9(2)6-4-5-10(9,3)8(11)7(6)15(12,13)14;1-8(2,3)7(9)6-10(4)5/h6-7H,4-5H2,1-3H3,(H,12,13,14);6H2,1-5H3/q;+1/p-1. The summed E-state index contributed by atoms with van der Waals surface area (Å²) in [6.45, 7) is 11.5. The van der Waals surface area contributed by atoms with Crippen LogP contribution in [0.3, 0.4) is 0 Å². The Hall–Kier alpha value is -0.400. The van der Waals surface area contributed by atoms with Gasteiger partial charge in [-0.05, 0) is 35.1 Å². The quantitative estimate of drug-likeness (QED) is 0.543. The van der Waals surface area contributed by atoms with Crippen molar-refractivity contribution in [3.63, 3.8) is 0 Å². The van der Waals surface area contributed by atoms with E-state index in [4.69, 9.17) is 0 Å². The van der Waals surface area contributed by atoms with Gasteiger partial charge in [-0.2, -0.15) is 0 Å². The van der Waals surface area contributed by atoms with Crippen LogP contribution in [0.2, 0.25) is 0 Å². The zero-order valence-corrected chi connectivity index (χ0v) is 18.3. The van der Waals surface area contributed by atoms with E-state index in [1.807, 2.05) is 34.6 Å². The maximum Gasteiger partial charge on any atom is 0.187 e. The normalized spacial score (nSPS) is 31.0. The summed E-state index contributed by atoms with van der Waals surface area (Å²) in [6.07, 6.45) is 5.57. The Bertz CT molecular complexity index is 643. The van der Waals surface area contributed by atoms with Crippen LogP contribution in [-0.4, -0.2) is 48.1 Å². The summed E-state index contributed by atoms with van der Waals surface area (Å²) in [6, 6.07) is 0. The van der Waals surface area contributed by atoms with E-state index in [2.05, 4.69) is 12.5 Å². The highest BCUT2D eigenvalue weighted by Gasteiger charge is 2.67. The van der Waals surface area contributed by atoms with E-state index in [0.29, 0.717) is 18.6 Å². The molecule has 0 aromatic heterocycles. The van der Waals surface area contributed by atoms with Gasteiger partial charge in [0.1, 0.15) is 15.4 Å². The van der Waals surface area contributed by atoms with Gasteiger partial charge in [0, 0.05) is 10.8 Å². The molecule has 7 heteroatoms. The number of ketones is 2. The highest BCUT2D eigenvalue weighted by molar-refractivity contribution is 7.96. The van der Waals surface area contributed by atoms with Gasteiger partial charge in [-0.3, -0.25) is 9.59 Å². The number of carbonyl (C=O) groups excluding carboxylic acids is 2. The molecule has 0 aromatic carbocycles. The van der Waals surface area contributed by atoms with E-state index in [1.165, 1.54) is 0 Å². The van der Waals surface area contributed by atoms with E-state index < -0.39 is 20.8 Å². The first-order chi connectivity index (χ1) is 11.0. The minimum absolute atomic E-state index is 0.142. The van der Waals surface area contributed by atoms with Gasteiger partial charge in [0.2, 0.25) is 0 Å². The van der Waals surface area contributed by atoms with Crippen molar-refractivity contribution in [2.45, 2.75) is 59.6 Å². The molecule has 0 saturated heterocycles. The molecule has 2 rings (SSSR count). The van der Waals surface area contributed by atoms with Gasteiger partial charge in [0.15, 0.2) is 17.3 Å². The third-order valence-corrected chi connectivity index (χ3v) is 8.04. The fraction of sp³-hybridized carbons (Fsp3) is 0.889. The molecule has 25 heavy (non-hydrogen) atoms. The number of hydrogen-bond acceptors (Lipinski definition) is 5. The Kier molecular flexibility index (Phi) is 6.31.